The molecule has 1 amide bonds. The van der Waals surface area contributed by atoms with Crippen LogP contribution in [-0.2, 0) is 11.3 Å². The van der Waals surface area contributed by atoms with Gasteiger partial charge in [0.05, 0.1) is 0 Å². The van der Waals surface area contributed by atoms with E-state index < -0.39 is 0 Å². The lowest BCUT2D eigenvalue weighted by atomic mass is 10.0. The van der Waals surface area contributed by atoms with Gasteiger partial charge in [-0.05, 0) is 66.8 Å². The molecule has 0 unspecified atom stereocenters. The van der Waals surface area contributed by atoms with Gasteiger partial charge in [-0.15, -0.1) is 0 Å². The average Bonchev–Trinajstić information content (AvgIpc) is 3.32. The van der Waals surface area contributed by atoms with E-state index in [0.29, 0.717) is 11.8 Å². The van der Waals surface area contributed by atoms with Crippen LogP contribution in [0, 0.1) is 0 Å². The molecule has 1 aliphatic rings. The summed E-state index contributed by atoms with van der Waals surface area (Å²) in [7, 11) is 0. The van der Waals surface area contributed by atoms with E-state index in [0.717, 1.165) is 44.7 Å². The van der Waals surface area contributed by atoms with Gasteiger partial charge in [-0.25, -0.2) is 0 Å². The van der Waals surface area contributed by atoms with Crippen LogP contribution in [0.2, 0.25) is 0 Å². The van der Waals surface area contributed by atoms with Crippen LogP contribution in [0.15, 0.2) is 91.1 Å². The Morgan fingerprint density at radius 2 is 1.63 bits per heavy atom. The van der Waals surface area contributed by atoms with E-state index in [1.165, 1.54) is 16.6 Å². The minimum absolute atomic E-state index is 0.00711. The molecule has 6 heteroatoms. The normalized spacial score (nSPS) is 14.2. The Hall–Kier alpha value is -3.77. The van der Waals surface area contributed by atoms with Crippen molar-refractivity contribution in [1.29, 1.82) is 0 Å². The Balaban J connectivity index is 1.03. The maximum atomic E-state index is 12.2. The molecule has 0 bridgehead atoms. The van der Waals surface area contributed by atoms with Gasteiger partial charge in [0.2, 0.25) is 0 Å². The summed E-state index contributed by atoms with van der Waals surface area (Å²) in [5.74, 6) is 0.524. The monoisotopic (exact) mass is 468 g/mol. The van der Waals surface area contributed by atoms with E-state index in [-0.39, 0.29) is 12.5 Å². The van der Waals surface area contributed by atoms with E-state index in [9.17, 15) is 4.79 Å². The Labute approximate surface area is 206 Å². The quantitative estimate of drug-likeness (QED) is 0.366. The van der Waals surface area contributed by atoms with Gasteiger partial charge >= 0.3 is 0 Å². The predicted octanol–water partition coefficient (Wildman–Crippen LogP) is 4.92. The van der Waals surface area contributed by atoms with E-state index in [4.69, 9.17) is 4.74 Å². The number of carbonyl (C=O) groups is 1. The first kappa shape index (κ1) is 23.0. The van der Waals surface area contributed by atoms with Gasteiger partial charge in [-0.2, -0.15) is 0 Å². The fourth-order valence-electron chi connectivity index (χ4n) is 4.68. The molecule has 5 rings (SSSR count). The SMILES string of the molecule is O=C(COc1ccccc1)Nc1ccc(N2CCC(NCCn3ccc4ccccc43)CC2)cc1. The largest absolute Gasteiger partial charge is 0.484 e. The van der Waals surface area contributed by atoms with Crippen LogP contribution in [-0.4, -0.2) is 42.8 Å². The summed E-state index contributed by atoms with van der Waals surface area (Å²) >= 11 is 0. The number of hydrogen-bond acceptors (Lipinski definition) is 4. The molecular formula is C29H32N4O2. The smallest absolute Gasteiger partial charge is 0.262 e. The molecule has 2 heterocycles. The summed E-state index contributed by atoms with van der Waals surface area (Å²) < 4.78 is 7.83. The van der Waals surface area contributed by atoms with Crippen molar-refractivity contribution in [2.24, 2.45) is 0 Å². The number of benzene rings is 3. The summed E-state index contributed by atoms with van der Waals surface area (Å²) in [5, 5.41) is 7.94. The zero-order chi connectivity index (χ0) is 23.9. The zero-order valence-electron chi connectivity index (χ0n) is 19.9. The van der Waals surface area contributed by atoms with Crippen LogP contribution < -0.4 is 20.3 Å². The second kappa shape index (κ2) is 11.1. The Morgan fingerprint density at radius 3 is 2.43 bits per heavy atom. The second-order valence-electron chi connectivity index (χ2n) is 8.98. The Kier molecular flexibility index (Phi) is 7.29. The number of rotatable bonds is 9. The molecule has 1 saturated heterocycles. The molecule has 1 fully saturated rings. The number of amides is 1. The van der Waals surface area contributed by atoms with E-state index in [2.05, 4.69) is 68.8 Å². The van der Waals surface area contributed by atoms with E-state index >= 15 is 0 Å². The predicted molar refractivity (Wildman–Crippen MR) is 142 cm³/mol. The minimum Gasteiger partial charge on any atom is -0.484 e. The molecule has 0 aliphatic carbocycles. The fraction of sp³-hybridized carbons (Fsp3) is 0.276. The second-order valence-corrected chi connectivity index (χ2v) is 8.98. The van der Waals surface area contributed by atoms with Gasteiger partial charge in [-0.1, -0.05) is 36.4 Å². The first-order valence-corrected chi connectivity index (χ1v) is 12.3. The number of anilines is 2. The van der Waals surface area contributed by atoms with Crippen molar-refractivity contribution in [1.82, 2.24) is 9.88 Å². The number of para-hydroxylation sites is 2. The molecule has 4 aromatic rings. The third kappa shape index (κ3) is 6.03. The molecule has 180 valence electrons. The van der Waals surface area contributed by atoms with Crippen LogP contribution in [0.5, 0.6) is 5.75 Å². The standard InChI is InChI=1S/C29H32N4O2/c34-29(22-35-27-7-2-1-3-8-27)31-25-10-12-26(13-11-25)32-19-15-24(16-20-32)30-17-21-33-18-14-23-6-4-5-9-28(23)33/h1-14,18,24,30H,15-17,19-22H2,(H,31,34). The van der Waals surface area contributed by atoms with Gasteiger partial charge in [0.25, 0.3) is 5.91 Å². The Morgan fingerprint density at radius 1 is 0.886 bits per heavy atom. The highest BCUT2D eigenvalue weighted by Gasteiger charge is 2.19. The summed E-state index contributed by atoms with van der Waals surface area (Å²) in [4.78, 5) is 14.6. The average molecular weight is 469 g/mol. The van der Waals surface area contributed by atoms with Crippen LogP contribution in [0.4, 0.5) is 11.4 Å². The topological polar surface area (TPSA) is 58.5 Å². The van der Waals surface area contributed by atoms with Gasteiger partial charge in [0, 0.05) is 55.3 Å². The van der Waals surface area contributed by atoms with Crippen molar-refractivity contribution in [3.05, 3.63) is 91.1 Å². The molecule has 0 spiro atoms. The molecule has 0 atom stereocenters. The van der Waals surface area contributed by atoms with Crippen molar-refractivity contribution in [2.75, 3.05) is 36.5 Å². The highest BCUT2D eigenvalue weighted by molar-refractivity contribution is 5.92. The zero-order valence-corrected chi connectivity index (χ0v) is 19.9. The van der Waals surface area contributed by atoms with E-state index in [1.807, 2.05) is 42.5 Å². The highest BCUT2D eigenvalue weighted by Crippen LogP contribution is 2.22. The third-order valence-corrected chi connectivity index (χ3v) is 6.59. The lowest BCUT2D eigenvalue weighted by molar-refractivity contribution is -0.118. The van der Waals surface area contributed by atoms with Gasteiger partial charge < -0.3 is 24.8 Å². The van der Waals surface area contributed by atoms with Crippen molar-refractivity contribution in [3.63, 3.8) is 0 Å². The molecule has 1 aliphatic heterocycles. The first-order chi connectivity index (χ1) is 17.2. The molecular weight excluding hydrogens is 436 g/mol. The van der Waals surface area contributed by atoms with Crippen molar-refractivity contribution >= 4 is 28.2 Å². The third-order valence-electron chi connectivity index (χ3n) is 6.59. The van der Waals surface area contributed by atoms with Crippen LogP contribution in [0.25, 0.3) is 10.9 Å². The number of piperidine rings is 1. The number of ether oxygens (including phenoxy) is 1. The van der Waals surface area contributed by atoms with Gasteiger partial charge in [0.15, 0.2) is 6.61 Å². The van der Waals surface area contributed by atoms with Crippen molar-refractivity contribution in [3.8, 4) is 5.75 Å². The summed E-state index contributed by atoms with van der Waals surface area (Å²) in [6.45, 7) is 4.01. The molecule has 0 radical (unpaired) electrons. The number of carbonyl (C=O) groups excluding carboxylic acids is 1. The maximum absolute atomic E-state index is 12.2. The van der Waals surface area contributed by atoms with Gasteiger partial charge in [-0.3, -0.25) is 4.79 Å². The van der Waals surface area contributed by atoms with Crippen molar-refractivity contribution in [2.45, 2.75) is 25.4 Å². The van der Waals surface area contributed by atoms with Crippen LogP contribution in [0.3, 0.4) is 0 Å². The molecule has 35 heavy (non-hydrogen) atoms. The number of hydrogen-bond donors (Lipinski definition) is 2. The lowest BCUT2D eigenvalue weighted by Gasteiger charge is -2.34. The number of nitrogens with zero attached hydrogens (tertiary/aromatic N) is 2. The number of nitrogens with one attached hydrogen (secondary N) is 2. The maximum Gasteiger partial charge on any atom is 0.262 e. The number of aromatic nitrogens is 1. The molecule has 3 aromatic carbocycles. The Bertz CT molecular complexity index is 1230. The summed E-state index contributed by atoms with van der Waals surface area (Å²) in [5.41, 5.74) is 3.28. The summed E-state index contributed by atoms with van der Waals surface area (Å²) in [6, 6.07) is 28.7. The van der Waals surface area contributed by atoms with E-state index in [1.54, 1.807) is 0 Å². The number of fused-ring (bicyclic) bond motifs is 1. The van der Waals surface area contributed by atoms with Crippen LogP contribution in [0.1, 0.15) is 12.8 Å². The molecule has 1 aromatic heterocycles. The molecule has 0 saturated carbocycles. The van der Waals surface area contributed by atoms with Crippen LogP contribution >= 0.6 is 0 Å². The minimum atomic E-state index is -0.165. The lowest BCUT2D eigenvalue weighted by Crippen LogP contribution is -2.43. The fourth-order valence-corrected chi connectivity index (χ4v) is 4.68. The first-order valence-electron chi connectivity index (χ1n) is 12.3. The van der Waals surface area contributed by atoms with Gasteiger partial charge in [0.1, 0.15) is 5.75 Å². The summed E-state index contributed by atoms with van der Waals surface area (Å²) in [6.07, 6.45) is 4.43. The highest BCUT2D eigenvalue weighted by atomic mass is 16.5. The van der Waals surface area contributed by atoms with Crippen molar-refractivity contribution < 1.29 is 9.53 Å². The molecule has 2 N–H and O–H groups in total. The molecule has 6 nitrogen and oxygen atoms in total.